The normalized spacial score (nSPS) is 10.4. The Morgan fingerprint density at radius 3 is 2.19 bits per heavy atom. The van der Waals surface area contributed by atoms with Gasteiger partial charge in [-0.3, -0.25) is 4.79 Å². The maximum atomic E-state index is 12.2. The number of nitrogens with zero attached hydrogens (tertiary/aromatic N) is 1. The van der Waals surface area contributed by atoms with Crippen molar-refractivity contribution in [3.8, 4) is 5.75 Å². The number of amides is 1. The molecule has 3 heteroatoms. The highest BCUT2D eigenvalue weighted by molar-refractivity contribution is 5.94. The van der Waals surface area contributed by atoms with Crippen LogP contribution in [0.25, 0.3) is 0 Å². The molecule has 0 radical (unpaired) electrons. The summed E-state index contributed by atoms with van der Waals surface area (Å²) in [6.45, 7) is 5.39. The molecule has 0 atom stereocenters. The number of rotatable bonds is 5. The molecule has 0 bridgehead atoms. The van der Waals surface area contributed by atoms with Crippen LogP contribution in [-0.4, -0.2) is 29.0 Å². The highest BCUT2D eigenvalue weighted by Crippen LogP contribution is 2.20. The van der Waals surface area contributed by atoms with Gasteiger partial charge in [0.1, 0.15) is 5.75 Å². The molecule has 21 heavy (non-hydrogen) atoms. The Kier molecular flexibility index (Phi) is 4.99. The number of phenols is 1. The molecule has 0 saturated carbocycles. The molecule has 1 amide bonds. The lowest BCUT2D eigenvalue weighted by molar-refractivity contribution is 0.0773. The highest BCUT2D eigenvalue weighted by atomic mass is 16.3. The first-order valence-corrected chi connectivity index (χ1v) is 7.30. The second-order valence-electron chi connectivity index (χ2n) is 4.98. The topological polar surface area (TPSA) is 40.5 Å². The van der Waals surface area contributed by atoms with Gasteiger partial charge in [0.25, 0.3) is 5.91 Å². The summed E-state index contributed by atoms with van der Waals surface area (Å²) in [5.74, 6) is 0.370. The van der Waals surface area contributed by atoms with Gasteiger partial charge >= 0.3 is 0 Å². The van der Waals surface area contributed by atoms with E-state index in [4.69, 9.17) is 0 Å². The molecule has 2 aromatic rings. The summed E-state index contributed by atoms with van der Waals surface area (Å²) in [7, 11) is 0. The molecular weight excluding hydrogens is 262 g/mol. The third kappa shape index (κ3) is 3.63. The maximum absolute atomic E-state index is 12.2. The fourth-order valence-corrected chi connectivity index (χ4v) is 2.34. The first-order chi connectivity index (χ1) is 10.2. The van der Waals surface area contributed by atoms with E-state index in [0.29, 0.717) is 17.7 Å². The predicted molar refractivity (Wildman–Crippen MR) is 84.6 cm³/mol. The van der Waals surface area contributed by atoms with Crippen LogP contribution in [0.15, 0.2) is 48.5 Å². The number of aromatic hydroxyl groups is 1. The fraction of sp³-hybridized carbons (Fsp3) is 0.278. The van der Waals surface area contributed by atoms with Gasteiger partial charge in [0.15, 0.2) is 0 Å². The van der Waals surface area contributed by atoms with E-state index in [9.17, 15) is 9.90 Å². The molecule has 2 aromatic carbocycles. The van der Waals surface area contributed by atoms with Gasteiger partial charge in [0.05, 0.1) is 0 Å². The van der Waals surface area contributed by atoms with E-state index in [1.165, 1.54) is 0 Å². The summed E-state index contributed by atoms with van der Waals surface area (Å²) in [5, 5.41) is 9.79. The Morgan fingerprint density at radius 2 is 1.62 bits per heavy atom. The van der Waals surface area contributed by atoms with Crippen LogP contribution in [0.2, 0.25) is 0 Å². The monoisotopic (exact) mass is 283 g/mol. The average molecular weight is 283 g/mol. The summed E-state index contributed by atoms with van der Waals surface area (Å²) in [4.78, 5) is 14.0. The van der Waals surface area contributed by atoms with Crippen molar-refractivity contribution in [2.75, 3.05) is 13.1 Å². The zero-order chi connectivity index (χ0) is 15.2. The first kappa shape index (κ1) is 15.1. The Bertz CT molecular complexity index is 601. The van der Waals surface area contributed by atoms with Crippen LogP contribution in [0.1, 0.15) is 35.3 Å². The van der Waals surface area contributed by atoms with Gasteiger partial charge in [-0.05, 0) is 43.2 Å². The molecule has 0 aromatic heterocycles. The van der Waals surface area contributed by atoms with E-state index in [2.05, 4.69) is 0 Å². The number of carbonyl (C=O) groups is 1. The molecule has 0 heterocycles. The molecule has 0 aliphatic heterocycles. The van der Waals surface area contributed by atoms with Gasteiger partial charge in [-0.25, -0.2) is 0 Å². The zero-order valence-electron chi connectivity index (χ0n) is 12.5. The molecule has 0 aliphatic rings. The fourth-order valence-electron chi connectivity index (χ4n) is 2.34. The third-order valence-electron chi connectivity index (χ3n) is 3.64. The zero-order valence-corrected chi connectivity index (χ0v) is 12.5. The minimum Gasteiger partial charge on any atom is -0.508 e. The lowest BCUT2D eigenvalue weighted by atomic mass is 10.0. The first-order valence-electron chi connectivity index (χ1n) is 7.30. The van der Waals surface area contributed by atoms with Crippen LogP contribution < -0.4 is 0 Å². The lowest BCUT2D eigenvalue weighted by Gasteiger charge is -2.18. The van der Waals surface area contributed by atoms with Crippen molar-refractivity contribution >= 4 is 5.91 Å². The Morgan fingerprint density at radius 1 is 1.00 bits per heavy atom. The van der Waals surface area contributed by atoms with Gasteiger partial charge in [0, 0.05) is 25.1 Å². The predicted octanol–water partition coefficient (Wildman–Crippen LogP) is 3.47. The molecule has 1 N–H and O–H groups in total. The van der Waals surface area contributed by atoms with Crippen LogP contribution in [0.5, 0.6) is 5.75 Å². The number of para-hydroxylation sites is 1. The van der Waals surface area contributed by atoms with Gasteiger partial charge in [-0.2, -0.15) is 0 Å². The second kappa shape index (κ2) is 6.93. The van der Waals surface area contributed by atoms with Gasteiger partial charge < -0.3 is 10.0 Å². The van der Waals surface area contributed by atoms with Gasteiger partial charge in [-0.15, -0.1) is 0 Å². The molecule has 0 unspecified atom stereocenters. The molecule has 0 fully saturated rings. The Balaban J connectivity index is 2.12. The summed E-state index contributed by atoms with van der Waals surface area (Å²) < 4.78 is 0. The lowest BCUT2D eigenvalue weighted by Crippen LogP contribution is -2.30. The van der Waals surface area contributed by atoms with E-state index >= 15 is 0 Å². The van der Waals surface area contributed by atoms with Crippen LogP contribution in [0.3, 0.4) is 0 Å². The highest BCUT2D eigenvalue weighted by Gasteiger charge is 2.12. The van der Waals surface area contributed by atoms with Crippen molar-refractivity contribution in [3.05, 3.63) is 65.2 Å². The van der Waals surface area contributed by atoms with Crippen molar-refractivity contribution in [1.82, 2.24) is 4.90 Å². The summed E-state index contributed by atoms with van der Waals surface area (Å²) >= 11 is 0. The standard InChI is InChI=1S/C18H21NO2/c1-3-19(4-2)18(21)15-11-9-14(10-12-15)13-16-7-5-6-8-17(16)20/h5-12,20H,3-4,13H2,1-2H3. The van der Waals surface area contributed by atoms with Crippen molar-refractivity contribution < 1.29 is 9.90 Å². The van der Waals surface area contributed by atoms with E-state index in [1.54, 1.807) is 11.0 Å². The quantitative estimate of drug-likeness (QED) is 0.913. The summed E-state index contributed by atoms with van der Waals surface area (Å²) in [6.07, 6.45) is 0.659. The van der Waals surface area contributed by atoms with Crippen molar-refractivity contribution in [3.63, 3.8) is 0 Å². The Hall–Kier alpha value is -2.29. The smallest absolute Gasteiger partial charge is 0.253 e. The molecule has 0 aliphatic carbocycles. The largest absolute Gasteiger partial charge is 0.508 e. The van der Waals surface area contributed by atoms with Gasteiger partial charge in [0.2, 0.25) is 0 Å². The third-order valence-corrected chi connectivity index (χ3v) is 3.64. The van der Waals surface area contributed by atoms with E-state index in [1.807, 2.05) is 56.3 Å². The number of hydrogen-bond donors (Lipinski definition) is 1. The van der Waals surface area contributed by atoms with E-state index in [0.717, 1.165) is 24.2 Å². The van der Waals surface area contributed by atoms with Crippen molar-refractivity contribution in [1.29, 1.82) is 0 Å². The molecule has 2 rings (SSSR count). The van der Waals surface area contributed by atoms with Crippen molar-refractivity contribution in [2.45, 2.75) is 20.3 Å². The molecule has 3 nitrogen and oxygen atoms in total. The number of benzene rings is 2. The van der Waals surface area contributed by atoms with E-state index < -0.39 is 0 Å². The molecular formula is C18H21NO2. The second-order valence-corrected chi connectivity index (χ2v) is 4.98. The van der Waals surface area contributed by atoms with Crippen molar-refractivity contribution in [2.24, 2.45) is 0 Å². The minimum atomic E-state index is 0.0640. The maximum Gasteiger partial charge on any atom is 0.253 e. The number of phenolic OH excluding ortho intramolecular Hbond substituents is 1. The summed E-state index contributed by atoms with van der Waals surface area (Å²) in [6, 6.07) is 14.9. The molecule has 0 spiro atoms. The minimum absolute atomic E-state index is 0.0640. The average Bonchev–Trinajstić information content (AvgIpc) is 2.51. The van der Waals surface area contributed by atoms with Crippen LogP contribution in [0.4, 0.5) is 0 Å². The number of carbonyl (C=O) groups excluding carboxylic acids is 1. The SMILES string of the molecule is CCN(CC)C(=O)c1ccc(Cc2ccccc2O)cc1. The van der Waals surface area contributed by atoms with Crippen LogP contribution in [0, 0.1) is 0 Å². The van der Waals surface area contributed by atoms with E-state index in [-0.39, 0.29) is 5.91 Å². The number of hydrogen-bond acceptors (Lipinski definition) is 2. The van der Waals surface area contributed by atoms with Crippen LogP contribution in [-0.2, 0) is 6.42 Å². The summed E-state index contributed by atoms with van der Waals surface area (Å²) in [5.41, 5.74) is 2.67. The van der Waals surface area contributed by atoms with Crippen LogP contribution >= 0.6 is 0 Å². The molecule has 0 saturated heterocycles. The Labute approximate surface area is 125 Å². The van der Waals surface area contributed by atoms with Gasteiger partial charge in [-0.1, -0.05) is 30.3 Å². The molecule has 110 valence electrons.